The van der Waals surface area contributed by atoms with E-state index in [0.717, 1.165) is 11.3 Å². The monoisotopic (exact) mass is 317 g/mol. The fourth-order valence-electron chi connectivity index (χ4n) is 3.03. The maximum Gasteiger partial charge on any atom is 0.0562 e. The van der Waals surface area contributed by atoms with Crippen molar-refractivity contribution in [3.8, 4) is 5.69 Å². The number of para-hydroxylation sites is 1. The van der Waals surface area contributed by atoms with Crippen molar-refractivity contribution in [1.82, 2.24) is 4.57 Å². The maximum absolute atomic E-state index is 4.37. The summed E-state index contributed by atoms with van der Waals surface area (Å²) in [5.74, 6) is 0. The highest BCUT2D eigenvalue weighted by atomic mass is 15.3. The summed E-state index contributed by atoms with van der Waals surface area (Å²) in [5, 5.41) is 4.37. The second kappa shape index (κ2) is 6.75. The Morgan fingerprint density at radius 2 is 1.67 bits per heavy atom. The fraction of sp³-hybridized carbons (Fsp3) is 0.190. The SMILES string of the molecule is Cc1ccc(-n2c(C)cc(C=NNc3ccccc3)c2C)c(C)c1. The number of nitrogens with one attached hydrogen (secondary N) is 1. The fourth-order valence-corrected chi connectivity index (χ4v) is 3.03. The van der Waals surface area contributed by atoms with Crippen LogP contribution in [0, 0.1) is 27.7 Å². The van der Waals surface area contributed by atoms with Crippen LogP contribution in [0.5, 0.6) is 0 Å². The Kier molecular flexibility index (Phi) is 4.52. The lowest BCUT2D eigenvalue weighted by atomic mass is 10.1. The van der Waals surface area contributed by atoms with Crippen LogP contribution >= 0.6 is 0 Å². The van der Waals surface area contributed by atoms with Crippen LogP contribution in [0.1, 0.15) is 28.1 Å². The molecule has 0 aliphatic heterocycles. The average molecular weight is 317 g/mol. The van der Waals surface area contributed by atoms with Crippen molar-refractivity contribution in [2.75, 3.05) is 5.43 Å². The Morgan fingerprint density at radius 1 is 0.917 bits per heavy atom. The van der Waals surface area contributed by atoms with Crippen molar-refractivity contribution in [1.29, 1.82) is 0 Å². The molecule has 1 N–H and O–H groups in total. The Bertz CT molecular complexity index is 874. The summed E-state index contributed by atoms with van der Waals surface area (Å²) in [7, 11) is 0. The minimum absolute atomic E-state index is 0.983. The molecule has 1 aromatic heterocycles. The van der Waals surface area contributed by atoms with Crippen LogP contribution in [-0.2, 0) is 0 Å². The van der Waals surface area contributed by atoms with Crippen molar-refractivity contribution in [2.45, 2.75) is 27.7 Å². The van der Waals surface area contributed by atoms with Crippen LogP contribution in [0.4, 0.5) is 5.69 Å². The van der Waals surface area contributed by atoms with Crippen LogP contribution < -0.4 is 5.43 Å². The van der Waals surface area contributed by atoms with E-state index < -0.39 is 0 Å². The Labute approximate surface area is 143 Å². The standard InChI is InChI=1S/C21H23N3/c1-15-10-11-21(16(2)12-15)24-17(3)13-19(18(24)4)14-22-23-20-8-6-5-7-9-20/h5-14,23H,1-4H3. The van der Waals surface area contributed by atoms with Crippen molar-refractivity contribution in [2.24, 2.45) is 5.10 Å². The second-order valence-electron chi connectivity index (χ2n) is 6.19. The minimum atomic E-state index is 0.983. The van der Waals surface area contributed by atoms with Gasteiger partial charge in [-0.3, -0.25) is 5.43 Å². The Hall–Kier alpha value is -2.81. The van der Waals surface area contributed by atoms with Gasteiger partial charge in [-0.2, -0.15) is 5.10 Å². The van der Waals surface area contributed by atoms with Crippen LogP contribution in [0.3, 0.4) is 0 Å². The molecule has 3 aromatic rings. The zero-order valence-corrected chi connectivity index (χ0v) is 14.7. The van der Waals surface area contributed by atoms with Crippen molar-refractivity contribution in [3.05, 3.63) is 82.7 Å². The van der Waals surface area contributed by atoms with Crippen LogP contribution in [0.2, 0.25) is 0 Å². The van der Waals surface area contributed by atoms with E-state index in [2.05, 4.69) is 67.1 Å². The Morgan fingerprint density at radius 3 is 2.38 bits per heavy atom. The number of hydrogen-bond donors (Lipinski definition) is 1. The van der Waals surface area contributed by atoms with Crippen molar-refractivity contribution in [3.63, 3.8) is 0 Å². The molecule has 0 saturated heterocycles. The van der Waals surface area contributed by atoms with Gasteiger partial charge in [0.2, 0.25) is 0 Å². The highest BCUT2D eigenvalue weighted by Crippen LogP contribution is 2.23. The zero-order chi connectivity index (χ0) is 17.1. The number of benzene rings is 2. The molecule has 0 saturated carbocycles. The number of aryl methyl sites for hydroxylation is 3. The van der Waals surface area contributed by atoms with Gasteiger partial charge >= 0.3 is 0 Å². The van der Waals surface area contributed by atoms with Gasteiger partial charge in [-0.25, -0.2) is 0 Å². The first-order valence-electron chi connectivity index (χ1n) is 8.17. The summed E-state index contributed by atoms with van der Waals surface area (Å²) in [4.78, 5) is 0. The highest BCUT2D eigenvalue weighted by Gasteiger charge is 2.11. The molecule has 0 amide bonds. The van der Waals surface area contributed by atoms with E-state index in [1.54, 1.807) is 0 Å². The molecule has 0 atom stereocenters. The van der Waals surface area contributed by atoms with E-state index in [1.165, 1.54) is 28.2 Å². The van der Waals surface area contributed by atoms with Crippen molar-refractivity contribution < 1.29 is 0 Å². The number of hydrazone groups is 1. The van der Waals surface area contributed by atoms with E-state index in [0.29, 0.717) is 0 Å². The first-order chi connectivity index (χ1) is 11.6. The molecule has 0 unspecified atom stereocenters. The summed E-state index contributed by atoms with van der Waals surface area (Å²) in [5.41, 5.74) is 11.4. The summed E-state index contributed by atoms with van der Waals surface area (Å²) >= 11 is 0. The molecule has 0 aliphatic carbocycles. The molecule has 3 heteroatoms. The molecular formula is C21H23N3. The molecule has 0 aliphatic rings. The lowest BCUT2D eigenvalue weighted by Crippen LogP contribution is -2.02. The Balaban J connectivity index is 1.89. The van der Waals surface area contributed by atoms with Gasteiger partial charge < -0.3 is 4.57 Å². The predicted octanol–water partition coefficient (Wildman–Crippen LogP) is 5.16. The van der Waals surface area contributed by atoms with E-state index in [1.807, 2.05) is 36.5 Å². The summed E-state index contributed by atoms with van der Waals surface area (Å²) in [6.45, 7) is 8.55. The van der Waals surface area contributed by atoms with Gasteiger partial charge in [0.05, 0.1) is 11.9 Å². The molecule has 0 radical (unpaired) electrons. The summed E-state index contributed by atoms with van der Waals surface area (Å²) in [6.07, 6.45) is 1.88. The number of aromatic nitrogens is 1. The second-order valence-corrected chi connectivity index (χ2v) is 6.19. The number of anilines is 1. The normalized spacial score (nSPS) is 11.2. The van der Waals surface area contributed by atoms with Crippen LogP contribution in [-0.4, -0.2) is 10.8 Å². The molecule has 122 valence electrons. The quantitative estimate of drug-likeness (QED) is 0.523. The average Bonchev–Trinajstić information content (AvgIpc) is 2.83. The summed E-state index contributed by atoms with van der Waals surface area (Å²) < 4.78 is 2.29. The molecule has 1 heterocycles. The van der Waals surface area contributed by atoms with Gasteiger partial charge in [0.25, 0.3) is 0 Å². The van der Waals surface area contributed by atoms with E-state index >= 15 is 0 Å². The number of hydrogen-bond acceptors (Lipinski definition) is 2. The summed E-state index contributed by atoms with van der Waals surface area (Å²) in [6, 6.07) is 18.7. The van der Waals surface area contributed by atoms with Crippen LogP contribution in [0.15, 0.2) is 59.7 Å². The topological polar surface area (TPSA) is 29.3 Å². The van der Waals surface area contributed by atoms with Gasteiger partial charge in [-0.15, -0.1) is 0 Å². The number of rotatable bonds is 4. The lowest BCUT2D eigenvalue weighted by molar-refractivity contribution is 0.953. The molecule has 3 nitrogen and oxygen atoms in total. The molecule has 2 aromatic carbocycles. The molecular weight excluding hydrogens is 294 g/mol. The van der Waals surface area contributed by atoms with Gasteiger partial charge in [0.1, 0.15) is 0 Å². The predicted molar refractivity (Wildman–Crippen MR) is 102 cm³/mol. The van der Waals surface area contributed by atoms with Crippen LogP contribution in [0.25, 0.3) is 5.69 Å². The van der Waals surface area contributed by atoms with Gasteiger partial charge in [-0.1, -0.05) is 35.9 Å². The van der Waals surface area contributed by atoms with Gasteiger partial charge in [0, 0.05) is 22.6 Å². The van der Waals surface area contributed by atoms with Crippen molar-refractivity contribution >= 4 is 11.9 Å². The van der Waals surface area contributed by atoms with E-state index in [-0.39, 0.29) is 0 Å². The third-order valence-corrected chi connectivity index (χ3v) is 4.23. The van der Waals surface area contributed by atoms with E-state index in [9.17, 15) is 0 Å². The molecule has 3 rings (SSSR count). The first kappa shape index (κ1) is 16.1. The lowest BCUT2D eigenvalue weighted by Gasteiger charge is -2.13. The molecule has 24 heavy (non-hydrogen) atoms. The smallest absolute Gasteiger partial charge is 0.0562 e. The first-order valence-corrected chi connectivity index (χ1v) is 8.17. The largest absolute Gasteiger partial charge is 0.318 e. The number of nitrogens with zero attached hydrogens (tertiary/aromatic N) is 2. The zero-order valence-electron chi connectivity index (χ0n) is 14.7. The molecule has 0 bridgehead atoms. The third-order valence-electron chi connectivity index (χ3n) is 4.23. The van der Waals surface area contributed by atoms with Gasteiger partial charge in [0.15, 0.2) is 0 Å². The van der Waals surface area contributed by atoms with Gasteiger partial charge in [-0.05, 0) is 57.5 Å². The molecule has 0 fully saturated rings. The maximum atomic E-state index is 4.37. The molecule has 0 spiro atoms. The minimum Gasteiger partial charge on any atom is -0.318 e. The highest BCUT2D eigenvalue weighted by molar-refractivity contribution is 5.82. The third kappa shape index (κ3) is 3.25. The van der Waals surface area contributed by atoms with E-state index in [4.69, 9.17) is 0 Å².